The van der Waals surface area contributed by atoms with Crippen molar-refractivity contribution in [3.63, 3.8) is 0 Å². The Kier molecular flexibility index (Phi) is 6.30. The van der Waals surface area contributed by atoms with Crippen LogP contribution in [0.2, 0.25) is 0 Å². The van der Waals surface area contributed by atoms with Gasteiger partial charge >= 0.3 is 12.1 Å². The Morgan fingerprint density at radius 1 is 0.975 bits per heavy atom. The van der Waals surface area contributed by atoms with E-state index in [2.05, 4.69) is 10.4 Å². The summed E-state index contributed by atoms with van der Waals surface area (Å²) in [5.41, 5.74) is 3.64. The van der Waals surface area contributed by atoms with Gasteiger partial charge in [-0.15, -0.1) is 0 Å². The highest BCUT2D eigenvalue weighted by Gasteiger charge is 2.51. The van der Waals surface area contributed by atoms with Crippen LogP contribution in [0.5, 0.6) is 0 Å². The summed E-state index contributed by atoms with van der Waals surface area (Å²) in [6, 6.07) is 26.8. The van der Waals surface area contributed by atoms with E-state index in [4.69, 9.17) is 4.74 Å². The minimum atomic E-state index is -0.814. The van der Waals surface area contributed by atoms with E-state index in [0.717, 1.165) is 16.7 Å². The maximum absolute atomic E-state index is 15.6. The average molecular weight is 536 g/mol. The first-order valence-corrected chi connectivity index (χ1v) is 13.0. The van der Waals surface area contributed by atoms with Crippen molar-refractivity contribution in [2.45, 2.75) is 31.3 Å². The molecule has 200 valence electrons. The summed E-state index contributed by atoms with van der Waals surface area (Å²) in [5, 5.41) is 16.9. The van der Waals surface area contributed by atoms with Gasteiger partial charge in [0.25, 0.3) is 0 Å². The van der Waals surface area contributed by atoms with Crippen LogP contribution in [-0.4, -0.2) is 26.8 Å². The third-order valence-electron chi connectivity index (χ3n) is 7.47. The second-order valence-corrected chi connectivity index (χ2v) is 10.00. The minimum absolute atomic E-state index is 0.221. The van der Waals surface area contributed by atoms with Gasteiger partial charge in [0, 0.05) is 11.8 Å². The molecule has 1 aliphatic rings. The van der Waals surface area contributed by atoms with Crippen molar-refractivity contribution < 1.29 is 23.8 Å². The number of halogens is 1. The van der Waals surface area contributed by atoms with E-state index in [1.165, 1.54) is 6.07 Å². The lowest BCUT2D eigenvalue weighted by Crippen LogP contribution is -2.19. The fraction of sp³-hybridized carbons (Fsp3) is 0.156. The number of rotatable bonds is 7. The fourth-order valence-electron chi connectivity index (χ4n) is 5.01. The lowest BCUT2D eigenvalue weighted by Gasteiger charge is -2.14. The molecule has 0 bridgehead atoms. The number of anilines is 1. The van der Waals surface area contributed by atoms with Crippen LogP contribution in [0.15, 0.2) is 97.2 Å². The van der Waals surface area contributed by atoms with Crippen molar-refractivity contribution in [1.29, 1.82) is 0 Å². The monoisotopic (exact) mass is 535 g/mol. The predicted octanol–water partition coefficient (Wildman–Crippen LogP) is 7.23. The number of hydrogen-bond acceptors (Lipinski definition) is 4. The highest BCUT2D eigenvalue weighted by molar-refractivity contribution is 5.98. The van der Waals surface area contributed by atoms with Gasteiger partial charge in [-0.1, -0.05) is 66.7 Å². The number of carbonyl (C=O) groups is 2. The SMILES string of the molecule is C[C@@H](OC(=O)Nc1c(-c2ccc(-c3ccc(C4(C(=O)O)CC4)cc3)cc2F)nn2ccccc12)c1ccccc1. The van der Waals surface area contributed by atoms with E-state index in [0.29, 0.717) is 29.6 Å². The molecule has 2 heterocycles. The van der Waals surface area contributed by atoms with Crippen molar-refractivity contribution in [2.75, 3.05) is 5.32 Å². The van der Waals surface area contributed by atoms with Gasteiger partial charge in [0.1, 0.15) is 17.6 Å². The molecule has 1 atom stereocenters. The highest BCUT2D eigenvalue weighted by atomic mass is 19.1. The molecule has 0 aliphatic heterocycles. The van der Waals surface area contributed by atoms with E-state index >= 15 is 4.39 Å². The van der Waals surface area contributed by atoms with Crippen LogP contribution in [0.25, 0.3) is 27.9 Å². The van der Waals surface area contributed by atoms with Gasteiger partial charge in [0.2, 0.25) is 0 Å². The zero-order valence-electron chi connectivity index (χ0n) is 21.7. The van der Waals surface area contributed by atoms with Crippen LogP contribution in [0.3, 0.4) is 0 Å². The normalized spacial score (nSPS) is 14.4. The predicted molar refractivity (Wildman–Crippen MR) is 150 cm³/mol. The van der Waals surface area contributed by atoms with E-state index in [1.807, 2.05) is 48.5 Å². The summed E-state index contributed by atoms with van der Waals surface area (Å²) >= 11 is 0. The van der Waals surface area contributed by atoms with E-state index < -0.39 is 29.4 Å². The summed E-state index contributed by atoms with van der Waals surface area (Å²) in [5.74, 6) is -1.32. The Morgan fingerprint density at radius 3 is 2.35 bits per heavy atom. The molecular weight excluding hydrogens is 509 g/mol. The summed E-state index contributed by atoms with van der Waals surface area (Å²) in [6.07, 6.45) is 1.81. The molecule has 2 aromatic heterocycles. The Morgan fingerprint density at radius 2 is 1.68 bits per heavy atom. The molecule has 5 aromatic rings. The quantitative estimate of drug-likeness (QED) is 0.229. The fourth-order valence-corrected chi connectivity index (χ4v) is 5.01. The highest BCUT2D eigenvalue weighted by Crippen LogP contribution is 2.48. The molecule has 7 nitrogen and oxygen atoms in total. The molecule has 0 unspecified atom stereocenters. The molecule has 1 aliphatic carbocycles. The molecule has 3 aromatic carbocycles. The third-order valence-corrected chi connectivity index (χ3v) is 7.47. The molecule has 0 radical (unpaired) electrons. The first-order valence-electron chi connectivity index (χ1n) is 13.0. The lowest BCUT2D eigenvalue weighted by atomic mass is 9.93. The summed E-state index contributed by atoms with van der Waals surface area (Å²) in [6.45, 7) is 1.78. The number of nitrogens with zero attached hydrogens (tertiary/aromatic N) is 2. The maximum Gasteiger partial charge on any atom is 0.412 e. The number of ether oxygens (including phenoxy) is 1. The van der Waals surface area contributed by atoms with Crippen molar-refractivity contribution >= 4 is 23.3 Å². The first kappa shape index (κ1) is 25.3. The van der Waals surface area contributed by atoms with Crippen LogP contribution in [0, 0.1) is 5.82 Å². The van der Waals surface area contributed by atoms with Crippen molar-refractivity contribution in [2.24, 2.45) is 0 Å². The number of aliphatic carboxylic acids is 1. The molecule has 40 heavy (non-hydrogen) atoms. The number of amides is 1. The summed E-state index contributed by atoms with van der Waals surface area (Å²) in [4.78, 5) is 24.5. The van der Waals surface area contributed by atoms with Gasteiger partial charge in [0.15, 0.2) is 0 Å². The molecule has 8 heteroatoms. The maximum atomic E-state index is 15.6. The molecule has 2 N–H and O–H groups in total. The van der Waals surface area contributed by atoms with Gasteiger partial charge < -0.3 is 9.84 Å². The second kappa shape index (κ2) is 9.96. The van der Waals surface area contributed by atoms with Crippen LogP contribution in [-0.2, 0) is 14.9 Å². The number of hydrogen-bond donors (Lipinski definition) is 2. The van der Waals surface area contributed by atoms with E-state index in [-0.39, 0.29) is 11.3 Å². The van der Waals surface area contributed by atoms with Gasteiger partial charge in [-0.05, 0) is 66.3 Å². The average Bonchev–Trinajstić information content (AvgIpc) is 3.72. The minimum Gasteiger partial charge on any atom is -0.481 e. The van der Waals surface area contributed by atoms with Gasteiger partial charge in [-0.3, -0.25) is 10.1 Å². The number of nitrogens with one attached hydrogen (secondary N) is 1. The Hall–Kier alpha value is -4.98. The second-order valence-electron chi connectivity index (χ2n) is 10.00. The van der Waals surface area contributed by atoms with E-state index in [9.17, 15) is 14.7 Å². The zero-order valence-corrected chi connectivity index (χ0v) is 21.7. The number of benzene rings is 3. The van der Waals surface area contributed by atoms with E-state index in [1.54, 1.807) is 54.0 Å². The molecule has 0 saturated heterocycles. The van der Waals surface area contributed by atoms with Gasteiger partial charge in [0.05, 0.1) is 16.6 Å². The van der Waals surface area contributed by atoms with Crippen molar-refractivity contribution in [3.8, 4) is 22.4 Å². The number of carboxylic acid groups (broad SMARTS) is 1. The largest absolute Gasteiger partial charge is 0.481 e. The number of fused-ring (bicyclic) bond motifs is 1. The molecule has 1 amide bonds. The van der Waals surface area contributed by atoms with Crippen LogP contribution >= 0.6 is 0 Å². The Labute approximate surface area is 229 Å². The van der Waals surface area contributed by atoms with Crippen molar-refractivity contribution in [3.05, 3.63) is 114 Å². The summed E-state index contributed by atoms with van der Waals surface area (Å²) < 4.78 is 22.8. The number of aromatic nitrogens is 2. The molecule has 1 saturated carbocycles. The first-order chi connectivity index (χ1) is 19.4. The topological polar surface area (TPSA) is 92.9 Å². The third kappa shape index (κ3) is 4.58. The molecule has 0 spiro atoms. The van der Waals surface area contributed by atoms with Crippen LogP contribution in [0.4, 0.5) is 14.9 Å². The van der Waals surface area contributed by atoms with Crippen LogP contribution in [0.1, 0.15) is 37.0 Å². The molecule has 1 fully saturated rings. The lowest BCUT2D eigenvalue weighted by molar-refractivity contribution is -0.140. The number of carbonyl (C=O) groups excluding carboxylic acids is 1. The Bertz CT molecular complexity index is 1730. The molecule has 6 rings (SSSR count). The van der Waals surface area contributed by atoms with Crippen molar-refractivity contribution in [1.82, 2.24) is 9.61 Å². The molecular formula is C32H26FN3O4. The number of carboxylic acids is 1. The standard InChI is InChI=1S/C32H26FN3O4/c1-20(21-7-3-2-4-8-21)40-31(39)34-29-27-9-5-6-18-36(27)35-28(29)25-15-12-23(19-26(25)33)22-10-13-24(14-11-22)32(16-17-32)30(37)38/h2-15,18-20H,16-17H2,1H3,(H,34,39)(H,37,38)/t20-/m1/s1. The number of pyridine rings is 1. The Balaban J connectivity index is 1.29. The van der Waals surface area contributed by atoms with Gasteiger partial charge in [-0.25, -0.2) is 13.7 Å². The zero-order chi connectivity index (χ0) is 27.9. The van der Waals surface area contributed by atoms with Crippen LogP contribution < -0.4 is 5.32 Å². The smallest absolute Gasteiger partial charge is 0.412 e. The van der Waals surface area contributed by atoms with Gasteiger partial charge in [-0.2, -0.15) is 5.10 Å². The summed E-state index contributed by atoms with van der Waals surface area (Å²) in [7, 11) is 0.